The SMILES string of the molecule is Fc1ccc2c(NCC3CCCCN3)nccc2c1. The first-order valence-corrected chi connectivity index (χ1v) is 6.84. The molecule has 3 rings (SSSR count). The Bertz CT molecular complexity index is 564. The van der Waals surface area contributed by atoms with E-state index in [1.807, 2.05) is 6.07 Å². The van der Waals surface area contributed by atoms with Crippen LogP contribution in [0.5, 0.6) is 0 Å². The lowest BCUT2D eigenvalue weighted by atomic mass is 10.1. The standard InChI is InChI=1S/C15H18FN3/c16-12-4-5-14-11(9-12)6-8-18-15(14)19-10-13-3-1-2-7-17-13/h4-6,8-9,13,17H,1-3,7,10H2,(H,18,19). The smallest absolute Gasteiger partial charge is 0.133 e. The first-order chi connectivity index (χ1) is 9.33. The lowest BCUT2D eigenvalue weighted by molar-refractivity contribution is 0.414. The summed E-state index contributed by atoms with van der Waals surface area (Å²) in [7, 11) is 0. The van der Waals surface area contributed by atoms with Crippen LogP contribution in [0.1, 0.15) is 19.3 Å². The first kappa shape index (κ1) is 12.4. The van der Waals surface area contributed by atoms with Gasteiger partial charge in [0.05, 0.1) is 0 Å². The molecule has 100 valence electrons. The summed E-state index contributed by atoms with van der Waals surface area (Å²) in [6.45, 7) is 1.96. The van der Waals surface area contributed by atoms with Gasteiger partial charge in [0, 0.05) is 24.2 Å². The fourth-order valence-electron chi connectivity index (χ4n) is 2.61. The van der Waals surface area contributed by atoms with Crippen LogP contribution in [-0.4, -0.2) is 24.1 Å². The number of nitrogens with one attached hydrogen (secondary N) is 2. The average molecular weight is 259 g/mol. The van der Waals surface area contributed by atoms with Crippen LogP contribution in [0.3, 0.4) is 0 Å². The molecule has 0 amide bonds. The predicted octanol–water partition coefficient (Wildman–Crippen LogP) is 2.93. The summed E-state index contributed by atoms with van der Waals surface area (Å²) in [6.07, 6.45) is 5.47. The number of anilines is 1. The number of pyridine rings is 1. The molecule has 1 fully saturated rings. The summed E-state index contributed by atoms with van der Waals surface area (Å²) in [5.41, 5.74) is 0. The molecular weight excluding hydrogens is 241 g/mol. The summed E-state index contributed by atoms with van der Waals surface area (Å²) in [4.78, 5) is 4.36. The normalized spacial score (nSPS) is 19.5. The maximum absolute atomic E-state index is 13.2. The van der Waals surface area contributed by atoms with Gasteiger partial charge < -0.3 is 10.6 Å². The van der Waals surface area contributed by atoms with E-state index < -0.39 is 0 Å². The number of piperidine rings is 1. The van der Waals surface area contributed by atoms with Gasteiger partial charge in [0.1, 0.15) is 11.6 Å². The van der Waals surface area contributed by atoms with Crippen LogP contribution in [0.4, 0.5) is 10.2 Å². The van der Waals surface area contributed by atoms with Crippen LogP contribution in [0.2, 0.25) is 0 Å². The molecule has 0 saturated carbocycles. The lowest BCUT2D eigenvalue weighted by Gasteiger charge is -2.24. The molecule has 1 atom stereocenters. The van der Waals surface area contributed by atoms with Crippen LogP contribution in [0.15, 0.2) is 30.5 Å². The maximum Gasteiger partial charge on any atom is 0.133 e. The van der Waals surface area contributed by atoms with Crippen LogP contribution in [-0.2, 0) is 0 Å². The molecule has 1 aromatic carbocycles. The Morgan fingerprint density at radius 2 is 2.26 bits per heavy atom. The molecule has 0 radical (unpaired) electrons. The van der Waals surface area contributed by atoms with Crippen LogP contribution in [0, 0.1) is 5.82 Å². The molecular formula is C15H18FN3. The number of hydrogen-bond acceptors (Lipinski definition) is 3. The van der Waals surface area contributed by atoms with Gasteiger partial charge in [-0.25, -0.2) is 9.37 Å². The zero-order chi connectivity index (χ0) is 13.1. The van der Waals surface area contributed by atoms with Gasteiger partial charge in [-0.1, -0.05) is 6.42 Å². The minimum Gasteiger partial charge on any atom is -0.368 e. The second kappa shape index (κ2) is 5.53. The molecule has 1 unspecified atom stereocenters. The summed E-state index contributed by atoms with van der Waals surface area (Å²) >= 11 is 0. The predicted molar refractivity (Wildman–Crippen MR) is 75.8 cm³/mol. The van der Waals surface area contributed by atoms with E-state index in [1.54, 1.807) is 18.3 Å². The van der Waals surface area contributed by atoms with E-state index >= 15 is 0 Å². The minimum absolute atomic E-state index is 0.210. The second-order valence-electron chi connectivity index (χ2n) is 5.05. The highest BCUT2D eigenvalue weighted by Crippen LogP contribution is 2.22. The molecule has 2 heterocycles. The van der Waals surface area contributed by atoms with E-state index in [1.165, 1.54) is 25.3 Å². The van der Waals surface area contributed by atoms with Crippen molar-refractivity contribution in [3.8, 4) is 0 Å². The molecule has 4 heteroatoms. The molecule has 1 aromatic heterocycles. The van der Waals surface area contributed by atoms with Crippen molar-refractivity contribution in [2.24, 2.45) is 0 Å². The average Bonchev–Trinajstić information content (AvgIpc) is 2.45. The Balaban J connectivity index is 1.76. The number of nitrogens with zero attached hydrogens (tertiary/aromatic N) is 1. The fraction of sp³-hybridized carbons (Fsp3) is 0.400. The van der Waals surface area contributed by atoms with E-state index in [9.17, 15) is 4.39 Å². The Morgan fingerprint density at radius 3 is 3.11 bits per heavy atom. The molecule has 1 aliphatic heterocycles. The highest BCUT2D eigenvalue weighted by Gasteiger charge is 2.12. The van der Waals surface area contributed by atoms with E-state index in [2.05, 4.69) is 15.6 Å². The molecule has 0 aliphatic carbocycles. The molecule has 3 nitrogen and oxygen atoms in total. The summed E-state index contributed by atoms with van der Waals surface area (Å²) in [5, 5.41) is 8.73. The molecule has 19 heavy (non-hydrogen) atoms. The molecule has 2 N–H and O–H groups in total. The minimum atomic E-state index is -0.210. The van der Waals surface area contributed by atoms with Crippen molar-refractivity contribution < 1.29 is 4.39 Å². The Labute approximate surface area is 112 Å². The number of benzene rings is 1. The molecule has 1 aliphatic rings. The van der Waals surface area contributed by atoms with Crippen LogP contribution in [0.25, 0.3) is 10.8 Å². The van der Waals surface area contributed by atoms with Crippen LogP contribution < -0.4 is 10.6 Å². The van der Waals surface area contributed by atoms with E-state index in [4.69, 9.17) is 0 Å². The quantitative estimate of drug-likeness (QED) is 0.890. The van der Waals surface area contributed by atoms with Crippen molar-refractivity contribution in [1.82, 2.24) is 10.3 Å². The number of aromatic nitrogens is 1. The molecule has 1 saturated heterocycles. The van der Waals surface area contributed by atoms with Crippen molar-refractivity contribution >= 4 is 16.6 Å². The van der Waals surface area contributed by atoms with Gasteiger partial charge in [-0.15, -0.1) is 0 Å². The number of hydrogen-bond donors (Lipinski definition) is 2. The Morgan fingerprint density at radius 1 is 1.32 bits per heavy atom. The summed E-state index contributed by atoms with van der Waals surface area (Å²) < 4.78 is 13.2. The van der Waals surface area contributed by atoms with Gasteiger partial charge in [-0.3, -0.25) is 0 Å². The molecule has 0 spiro atoms. The highest BCUT2D eigenvalue weighted by atomic mass is 19.1. The van der Waals surface area contributed by atoms with E-state index in [-0.39, 0.29) is 5.82 Å². The van der Waals surface area contributed by atoms with Gasteiger partial charge in [0.2, 0.25) is 0 Å². The maximum atomic E-state index is 13.2. The van der Waals surface area contributed by atoms with Gasteiger partial charge in [-0.05, 0) is 49.0 Å². The van der Waals surface area contributed by atoms with Crippen molar-refractivity contribution in [3.63, 3.8) is 0 Å². The zero-order valence-electron chi connectivity index (χ0n) is 10.8. The van der Waals surface area contributed by atoms with Crippen molar-refractivity contribution in [3.05, 3.63) is 36.3 Å². The highest BCUT2D eigenvalue weighted by molar-refractivity contribution is 5.91. The number of halogens is 1. The molecule has 2 aromatic rings. The Hall–Kier alpha value is -1.68. The van der Waals surface area contributed by atoms with Gasteiger partial charge in [0.15, 0.2) is 0 Å². The number of fused-ring (bicyclic) bond motifs is 1. The van der Waals surface area contributed by atoms with E-state index in [0.717, 1.165) is 29.7 Å². The summed E-state index contributed by atoms with van der Waals surface area (Å²) in [6, 6.07) is 7.15. The number of rotatable bonds is 3. The fourth-order valence-corrected chi connectivity index (χ4v) is 2.61. The zero-order valence-corrected chi connectivity index (χ0v) is 10.8. The van der Waals surface area contributed by atoms with Crippen molar-refractivity contribution in [2.45, 2.75) is 25.3 Å². The third-order valence-corrected chi connectivity index (χ3v) is 3.65. The van der Waals surface area contributed by atoms with Crippen LogP contribution >= 0.6 is 0 Å². The largest absolute Gasteiger partial charge is 0.368 e. The monoisotopic (exact) mass is 259 g/mol. The lowest BCUT2D eigenvalue weighted by Crippen LogP contribution is -2.39. The van der Waals surface area contributed by atoms with Gasteiger partial charge in [0.25, 0.3) is 0 Å². The van der Waals surface area contributed by atoms with Crippen molar-refractivity contribution in [1.29, 1.82) is 0 Å². The third kappa shape index (κ3) is 2.84. The van der Waals surface area contributed by atoms with Gasteiger partial charge in [-0.2, -0.15) is 0 Å². The first-order valence-electron chi connectivity index (χ1n) is 6.84. The molecule has 0 bridgehead atoms. The van der Waals surface area contributed by atoms with Crippen molar-refractivity contribution in [2.75, 3.05) is 18.4 Å². The third-order valence-electron chi connectivity index (χ3n) is 3.65. The summed E-state index contributed by atoms with van der Waals surface area (Å²) in [5.74, 6) is 0.628. The van der Waals surface area contributed by atoms with E-state index in [0.29, 0.717) is 6.04 Å². The second-order valence-corrected chi connectivity index (χ2v) is 5.05. The Kier molecular flexibility index (Phi) is 3.60. The topological polar surface area (TPSA) is 37.0 Å². The van der Waals surface area contributed by atoms with Gasteiger partial charge >= 0.3 is 0 Å².